The minimum absolute atomic E-state index is 0.0813. The summed E-state index contributed by atoms with van der Waals surface area (Å²) in [7, 11) is 0. The normalized spacial score (nSPS) is 14.6. The molecule has 0 aliphatic carbocycles. The van der Waals surface area contributed by atoms with E-state index in [0.29, 0.717) is 49.9 Å². The smallest absolute Gasteiger partial charge is 0.275 e. The van der Waals surface area contributed by atoms with Crippen molar-refractivity contribution < 1.29 is 14.3 Å². The summed E-state index contributed by atoms with van der Waals surface area (Å²) in [6, 6.07) is 15.0. The first-order valence-electron chi connectivity index (χ1n) is 10.1. The van der Waals surface area contributed by atoms with E-state index in [1.54, 1.807) is 4.90 Å². The van der Waals surface area contributed by atoms with Crippen molar-refractivity contribution in [3.63, 3.8) is 0 Å². The van der Waals surface area contributed by atoms with Crippen molar-refractivity contribution in [2.75, 3.05) is 44.6 Å². The Morgan fingerprint density at radius 3 is 2.60 bits per heavy atom. The predicted molar refractivity (Wildman–Crippen MR) is 115 cm³/mol. The summed E-state index contributed by atoms with van der Waals surface area (Å²) in [6.07, 6.45) is 0. The van der Waals surface area contributed by atoms with Gasteiger partial charge in [0.25, 0.3) is 5.91 Å². The maximum Gasteiger partial charge on any atom is 0.275 e. The average Bonchev–Trinajstić information content (AvgIpc) is 3.19. The molecule has 1 aliphatic heterocycles. The van der Waals surface area contributed by atoms with Crippen molar-refractivity contribution in [1.82, 2.24) is 20.0 Å². The Bertz CT molecular complexity index is 1040. The van der Waals surface area contributed by atoms with Gasteiger partial charge in [-0.05, 0) is 25.1 Å². The highest BCUT2D eigenvalue weighted by atomic mass is 16.5. The largest absolute Gasteiger partial charge is 0.492 e. The van der Waals surface area contributed by atoms with Crippen molar-refractivity contribution in [3.8, 4) is 5.75 Å². The minimum atomic E-state index is -0.0970. The zero-order chi connectivity index (χ0) is 20.9. The third-order valence-corrected chi connectivity index (χ3v) is 5.16. The van der Waals surface area contributed by atoms with Crippen molar-refractivity contribution in [3.05, 3.63) is 54.2 Å². The minimum Gasteiger partial charge on any atom is -0.492 e. The van der Waals surface area contributed by atoms with E-state index in [0.717, 1.165) is 10.9 Å². The Morgan fingerprint density at radius 2 is 1.80 bits per heavy atom. The Labute approximate surface area is 174 Å². The number of H-pyrrole nitrogens is 1. The van der Waals surface area contributed by atoms with Gasteiger partial charge < -0.3 is 15.0 Å². The van der Waals surface area contributed by atoms with Gasteiger partial charge in [-0.3, -0.25) is 19.6 Å². The van der Waals surface area contributed by atoms with Crippen LogP contribution in [0.15, 0.2) is 48.5 Å². The lowest BCUT2D eigenvalue weighted by Crippen LogP contribution is -2.50. The molecule has 1 fully saturated rings. The van der Waals surface area contributed by atoms with Gasteiger partial charge in [0.05, 0.1) is 24.4 Å². The fraction of sp³-hybridized carbons (Fsp3) is 0.318. The highest BCUT2D eigenvalue weighted by Gasteiger charge is 2.26. The van der Waals surface area contributed by atoms with Crippen LogP contribution in [0.5, 0.6) is 5.75 Å². The van der Waals surface area contributed by atoms with Crippen LogP contribution in [0.1, 0.15) is 17.4 Å². The molecule has 3 aromatic rings. The second-order valence-corrected chi connectivity index (χ2v) is 7.16. The zero-order valence-corrected chi connectivity index (χ0v) is 16.9. The molecule has 2 aromatic carbocycles. The quantitative estimate of drug-likeness (QED) is 0.655. The number of amides is 2. The number of benzene rings is 2. The van der Waals surface area contributed by atoms with E-state index in [1.165, 1.54) is 0 Å². The van der Waals surface area contributed by atoms with Crippen LogP contribution in [0.2, 0.25) is 0 Å². The van der Waals surface area contributed by atoms with Gasteiger partial charge >= 0.3 is 0 Å². The molecule has 0 saturated carbocycles. The Balaban J connectivity index is 1.31. The predicted octanol–water partition coefficient (Wildman–Crippen LogP) is 2.36. The van der Waals surface area contributed by atoms with Crippen LogP contribution in [0.25, 0.3) is 10.9 Å². The van der Waals surface area contributed by atoms with E-state index in [4.69, 9.17) is 4.74 Å². The first kappa shape index (κ1) is 19.9. The molecule has 2 N–H and O–H groups in total. The van der Waals surface area contributed by atoms with Gasteiger partial charge in [0, 0.05) is 31.6 Å². The molecule has 0 radical (unpaired) electrons. The van der Waals surface area contributed by atoms with Crippen molar-refractivity contribution in [2.45, 2.75) is 6.92 Å². The Hall–Kier alpha value is -3.39. The number of hydrogen-bond acceptors (Lipinski definition) is 5. The standard InChI is InChI=1S/C22H25N5O3/c1-2-30-19-10-6-5-9-18(19)23-20(28)15-26-11-13-27(14-12-26)22(29)21-16-7-3-4-8-17(16)24-25-21/h3-10H,2,11-15H2,1H3,(H,23,28)(H,24,25). The first-order chi connectivity index (χ1) is 14.7. The summed E-state index contributed by atoms with van der Waals surface area (Å²) >= 11 is 0. The molecule has 0 bridgehead atoms. The molecule has 0 spiro atoms. The number of aromatic nitrogens is 2. The molecule has 30 heavy (non-hydrogen) atoms. The van der Waals surface area contributed by atoms with Gasteiger partial charge in [-0.2, -0.15) is 5.10 Å². The second kappa shape index (κ2) is 8.96. The van der Waals surface area contributed by atoms with Crippen LogP contribution < -0.4 is 10.1 Å². The number of carbonyl (C=O) groups is 2. The average molecular weight is 407 g/mol. The van der Waals surface area contributed by atoms with Crippen molar-refractivity contribution in [2.24, 2.45) is 0 Å². The number of nitrogens with zero attached hydrogens (tertiary/aromatic N) is 3. The topological polar surface area (TPSA) is 90.6 Å². The van der Waals surface area contributed by atoms with Crippen molar-refractivity contribution in [1.29, 1.82) is 0 Å². The Kier molecular flexibility index (Phi) is 5.94. The van der Waals surface area contributed by atoms with Gasteiger partial charge in [-0.25, -0.2) is 0 Å². The summed E-state index contributed by atoms with van der Waals surface area (Å²) in [5, 5.41) is 10.9. The van der Waals surface area contributed by atoms with E-state index < -0.39 is 0 Å². The van der Waals surface area contributed by atoms with Crippen LogP contribution in [0, 0.1) is 0 Å². The lowest BCUT2D eigenvalue weighted by molar-refractivity contribution is -0.117. The molecule has 0 unspecified atom stereocenters. The van der Waals surface area contributed by atoms with Crippen LogP contribution in [0.4, 0.5) is 5.69 Å². The van der Waals surface area contributed by atoms with E-state index in [9.17, 15) is 9.59 Å². The maximum atomic E-state index is 12.9. The van der Waals surface area contributed by atoms with Crippen LogP contribution in [-0.4, -0.2) is 71.1 Å². The summed E-state index contributed by atoms with van der Waals surface area (Å²) < 4.78 is 5.55. The molecule has 0 atom stereocenters. The number of aromatic amines is 1. The first-order valence-corrected chi connectivity index (χ1v) is 10.1. The van der Waals surface area contributed by atoms with Gasteiger partial charge in [-0.1, -0.05) is 30.3 Å². The zero-order valence-electron chi connectivity index (χ0n) is 16.9. The number of nitrogens with one attached hydrogen (secondary N) is 2. The molecule has 2 heterocycles. The third-order valence-electron chi connectivity index (χ3n) is 5.16. The number of fused-ring (bicyclic) bond motifs is 1. The third kappa shape index (κ3) is 4.28. The fourth-order valence-corrected chi connectivity index (χ4v) is 3.63. The molecular formula is C22H25N5O3. The van der Waals surface area contributed by atoms with E-state index in [-0.39, 0.29) is 18.4 Å². The number of piperazine rings is 1. The molecule has 4 rings (SSSR count). The lowest BCUT2D eigenvalue weighted by Gasteiger charge is -2.34. The van der Waals surface area contributed by atoms with Crippen LogP contribution >= 0.6 is 0 Å². The molecular weight excluding hydrogens is 382 g/mol. The number of anilines is 1. The number of carbonyl (C=O) groups excluding carboxylic acids is 2. The highest BCUT2D eigenvalue weighted by Crippen LogP contribution is 2.23. The number of rotatable bonds is 6. The number of para-hydroxylation sites is 3. The molecule has 1 saturated heterocycles. The maximum absolute atomic E-state index is 12.9. The van der Waals surface area contributed by atoms with Crippen molar-refractivity contribution >= 4 is 28.4 Å². The molecule has 8 heteroatoms. The molecule has 156 valence electrons. The molecule has 1 aliphatic rings. The van der Waals surface area contributed by atoms with Gasteiger partial charge in [0.15, 0.2) is 5.69 Å². The summed E-state index contributed by atoms with van der Waals surface area (Å²) in [5.41, 5.74) is 1.97. The molecule has 1 aromatic heterocycles. The monoisotopic (exact) mass is 407 g/mol. The summed E-state index contributed by atoms with van der Waals surface area (Å²) in [4.78, 5) is 29.2. The number of ether oxygens (including phenoxy) is 1. The number of hydrogen-bond donors (Lipinski definition) is 2. The van der Waals surface area contributed by atoms with Gasteiger partial charge in [0.1, 0.15) is 5.75 Å². The SMILES string of the molecule is CCOc1ccccc1NC(=O)CN1CCN(C(=O)c2n[nH]c3ccccc23)CC1. The van der Waals surface area contributed by atoms with Crippen LogP contribution in [0.3, 0.4) is 0 Å². The van der Waals surface area contributed by atoms with E-state index in [1.807, 2.05) is 60.4 Å². The molecule has 2 amide bonds. The molecule has 8 nitrogen and oxygen atoms in total. The highest BCUT2D eigenvalue weighted by molar-refractivity contribution is 6.04. The van der Waals surface area contributed by atoms with Gasteiger partial charge in [-0.15, -0.1) is 0 Å². The van der Waals surface area contributed by atoms with E-state index in [2.05, 4.69) is 15.5 Å². The van der Waals surface area contributed by atoms with Crippen LogP contribution in [-0.2, 0) is 4.79 Å². The van der Waals surface area contributed by atoms with E-state index >= 15 is 0 Å². The summed E-state index contributed by atoms with van der Waals surface area (Å²) in [6.45, 7) is 5.10. The summed E-state index contributed by atoms with van der Waals surface area (Å²) in [5.74, 6) is 0.484. The fourth-order valence-electron chi connectivity index (χ4n) is 3.63. The second-order valence-electron chi connectivity index (χ2n) is 7.16. The van der Waals surface area contributed by atoms with Gasteiger partial charge in [0.2, 0.25) is 5.91 Å². The Morgan fingerprint density at radius 1 is 1.07 bits per heavy atom. The lowest BCUT2D eigenvalue weighted by atomic mass is 10.2.